The van der Waals surface area contributed by atoms with Gasteiger partial charge in [-0.25, -0.2) is 0 Å². The first-order chi connectivity index (χ1) is 8.66. The van der Waals surface area contributed by atoms with Gasteiger partial charge in [0.1, 0.15) is 0 Å². The molecule has 2 unspecified atom stereocenters. The lowest BCUT2D eigenvalue weighted by Gasteiger charge is -2.19. The SMILES string of the molecule is CC(O)CCCNC(c1ccc(Cl)cc1)C1CC1. The third-order valence-corrected chi connectivity index (χ3v) is 3.74. The molecule has 1 fully saturated rings. The average molecular weight is 268 g/mol. The molecule has 2 nitrogen and oxygen atoms in total. The molecule has 0 radical (unpaired) electrons. The fourth-order valence-corrected chi connectivity index (χ4v) is 2.44. The van der Waals surface area contributed by atoms with Crippen molar-refractivity contribution < 1.29 is 5.11 Å². The normalized spacial score (nSPS) is 18.6. The number of aliphatic hydroxyl groups excluding tert-OH is 1. The number of hydrogen-bond acceptors (Lipinski definition) is 2. The van der Waals surface area contributed by atoms with Gasteiger partial charge in [-0.05, 0) is 62.8 Å². The van der Waals surface area contributed by atoms with Crippen molar-refractivity contribution in [2.24, 2.45) is 5.92 Å². The summed E-state index contributed by atoms with van der Waals surface area (Å²) in [6.45, 7) is 2.81. The highest BCUT2D eigenvalue weighted by Crippen LogP contribution is 2.41. The third kappa shape index (κ3) is 4.27. The van der Waals surface area contributed by atoms with Crippen molar-refractivity contribution in [3.05, 3.63) is 34.9 Å². The highest BCUT2D eigenvalue weighted by molar-refractivity contribution is 6.30. The maximum atomic E-state index is 9.24. The molecule has 0 heterocycles. The molecule has 0 amide bonds. The van der Waals surface area contributed by atoms with E-state index in [4.69, 9.17) is 11.6 Å². The molecular formula is C15H22ClNO. The second-order valence-electron chi connectivity index (χ2n) is 5.31. The van der Waals surface area contributed by atoms with Crippen LogP contribution in [0.25, 0.3) is 0 Å². The Labute approximate surface area is 114 Å². The Hall–Kier alpha value is -0.570. The van der Waals surface area contributed by atoms with Crippen molar-refractivity contribution in [2.75, 3.05) is 6.54 Å². The summed E-state index contributed by atoms with van der Waals surface area (Å²) in [7, 11) is 0. The predicted molar refractivity (Wildman–Crippen MR) is 75.8 cm³/mol. The van der Waals surface area contributed by atoms with Crippen LogP contribution >= 0.6 is 11.6 Å². The van der Waals surface area contributed by atoms with E-state index in [9.17, 15) is 5.11 Å². The maximum Gasteiger partial charge on any atom is 0.0512 e. The summed E-state index contributed by atoms with van der Waals surface area (Å²) >= 11 is 5.92. The van der Waals surface area contributed by atoms with Crippen molar-refractivity contribution in [3.8, 4) is 0 Å². The number of nitrogens with one attached hydrogen (secondary N) is 1. The first kappa shape index (κ1) is 13.9. The Kier molecular flexibility index (Phi) is 5.04. The monoisotopic (exact) mass is 267 g/mol. The van der Waals surface area contributed by atoms with Gasteiger partial charge in [-0.3, -0.25) is 0 Å². The van der Waals surface area contributed by atoms with E-state index < -0.39 is 0 Å². The van der Waals surface area contributed by atoms with E-state index in [-0.39, 0.29) is 6.10 Å². The molecule has 0 aliphatic heterocycles. The Bertz CT molecular complexity index is 359. The van der Waals surface area contributed by atoms with Crippen molar-refractivity contribution in [3.63, 3.8) is 0 Å². The summed E-state index contributed by atoms with van der Waals surface area (Å²) in [5.74, 6) is 0.776. The number of hydrogen-bond donors (Lipinski definition) is 2. The first-order valence-electron chi connectivity index (χ1n) is 6.83. The standard InChI is InChI=1S/C15H22ClNO/c1-11(18)3-2-10-17-15(12-4-5-12)13-6-8-14(16)9-7-13/h6-9,11-12,15,17-18H,2-5,10H2,1H3. The predicted octanol–water partition coefficient (Wildman–Crippen LogP) is 3.54. The summed E-state index contributed by atoms with van der Waals surface area (Å²) in [5, 5.41) is 13.7. The maximum absolute atomic E-state index is 9.24. The molecule has 100 valence electrons. The number of rotatable bonds is 7. The van der Waals surface area contributed by atoms with Gasteiger partial charge in [0.15, 0.2) is 0 Å². The molecule has 2 rings (SSSR count). The van der Waals surface area contributed by atoms with Gasteiger partial charge in [-0.2, -0.15) is 0 Å². The third-order valence-electron chi connectivity index (χ3n) is 3.49. The lowest BCUT2D eigenvalue weighted by Crippen LogP contribution is -2.24. The molecule has 18 heavy (non-hydrogen) atoms. The Morgan fingerprint density at radius 3 is 2.56 bits per heavy atom. The first-order valence-corrected chi connectivity index (χ1v) is 7.21. The average Bonchev–Trinajstić information content (AvgIpc) is 3.15. The van der Waals surface area contributed by atoms with Crippen LogP contribution < -0.4 is 5.32 Å². The summed E-state index contributed by atoms with van der Waals surface area (Å²) in [6, 6.07) is 8.62. The molecule has 0 spiro atoms. The van der Waals surface area contributed by atoms with E-state index in [2.05, 4.69) is 17.4 Å². The molecule has 0 bridgehead atoms. The van der Waals surface area contributed by atoms with Gasteiger partial charge < -0.3 is 10.4 Å². The quantitative estimate of drug-likeness (QED) is 0.741. The molecule has 0 saturated heterocycles. The molecule has 2 atom stereocenters. The highest BCUT2D eigenvalue weighted by Gasteiger charge is 2.31. The van der Waals surface area contributed by atoms with Crippen LogP contribution in [-0.2, 0) is 0 Å². The highest BCUT2D eigenvalue weighted by atomic mass is 35.5. The van der Waals surface area contributed by atoms with Gasteiger partial charge in [0.05, 0.1) is 6.10 Å². The largest absolute Gasteiger partial charge is 0.393 e. The molecule has 1 aliphatic rings. The molecule has 1 aromatic carbocycles. The van der Waals surface area contributed by atoms with Crippen LogP contribution in [0.15, 0.2) is 24.3 Å². The summed E-state index contributed by atoms with van der Waals surface area (Å²) in [5.41, 5.74) is 1.33. The second-order valence-corrected chi connectivity index (χ2v) is 5.75. The van der Waals surface area contributed by atoms with E-state index in [0.29, 0.717) is 6.04 Å². The van der Waals surface area contributed by atoms with Gasteiger partial charge in [-0.1, -0.05) is 23.7 Å². The fraction of sp³-hybridized carbons (Fsp3) is 0.600. The smallest absolute Gasteiger partial charge is 0.0512 e. The van der Waals surface area contributed by atoms with Gasteiger partial charge >= 0.3 is 0 Å². The fourth-order valence-electron chi connectivity index (χ4n) is 2.31. The minimum absolute atomic E-state index is 0.193. The Morgan fingerprint density at radius 1 is 1.33 bits per heavy atom. The van der Waals surface area contributed by atoms with Crippen molar-refractivity contribution >= 4 is 11.6 Å². The Balaban J connectivity index is 1.86. The molecule has 3 heteroatoms. The van der Waals surface area contributed by atoms with Crippen LogP contribution in [-0.4, -0.2) is 17.8 Å². The van der Waals surface area contributed by atoms with Gasteiger partial charge in [-0.15, -0.1) is 0 Å². The zero-order chi connectivity index (χ0) is 13.0. The van der Waals surface area contributed by atoms with Crippen molar-refractivity contribution in [1.82, 2.24) is 5.32 Å². The van der Waals surface area contributed by atoms with Gasteiger partial charge in [0, 0.05) is 11.1 Å². The van der Waals surface area contributed by atoms with Crippen LogP contribution in [0, 0.1) is 5.92 Å². The van der Waals surface area contributed by atoms with E-state index >= 15 is 0 Å². The number of benzene rings is 1. The van der Waals surface area contributed by atoms with E-state index in [1.807, 2.05) is 19.1 Å². The molecule has 1 aromatic rings. The zero-order valence-electron chi connectivity index (χ0n) is 10.9. The minimum Gasteiger partial charge on any atom is -0.393 e. The van der Waals surface area contributed by atoms with Crippen LogP contribution in [0.4, 0.5) is 0 Å². The minimum atomic E-state index is -0.193. The molecule has 1 aliphatic carbocycles. The summed E-state index contributed by atoms with van der Waals surface area (Å²) < 4.78 is 0. The van der Waals surface area contributed by atoms with E-state index in [0.717, 1.165) is 30.3 Å². The van der Waals surface area contributed by atoms with Crippen LogP contribution in [0.2, 0.25) is 5.02 Å². The lowest BCUT2D eigenvalue weighted by atomic mass is 10.0. The Morgan fingerprint density at radius 2 is 2.00 bits per heavy atom. The molecule has 1 saturated carbocycles. The summed E-state index contributed by atoms with van der Waals surface area (Å²) in [6.07, 6.45) is 4.33. The second kappa shape index (κ2) is 6.55. The van der Waals surface area contributed by atoms with Crippen molar-refractivity contribution in [2.45, 2.75) is 44.8 Å². The molecule has 2 N–H and O–H groups in total. The van der Waals surface area contributed by atoms with Gasteiger partial charge in [0.25, 0.3) is 0 Å². The summed E-state index contributed by atoms with van der Waals surface area (Å²) in [4.78, 5) is 0. The van der Waals surface area contributed by atoms with Crippen LogP contribution in [0.1, 0.15) is 44.2 Å². The molecular weight excluding hydrogens is 246 g/mol. The number of halogens is 1. The van der Waals surface area contributed by atoms with E-state index in [1.54, 1.807) is 0 Å². The topological polar surface area (TPSA) is 32.3 Å². The lowest BCUT2D eigenvalue weighted by molar-refractivity contribution is 0.180. The van der Waals surface area contributed by atoms with E-state index in [1.165, 1.54) is 18.4 Å². The van der Waals surface area contributed by atoms with Gasteiger partial charge in [0.2, 0.25) is 0 Å². The zero-order valence-corrected chi connectivity index (χ0v) is 11.7. The van der Waals surface area contributed by atoms with Crippen LogP contribution in [0.5, 0.6) is 0 Å². The molecule has 0 aromatic heterocycles. The number of aliphatic hydroxyl groups is 1. The van der Waals surface area contributed by atoms with Crippen molar-refractivity contribution in [1.29, 1.82) is 0 Å². The van der Waals surface area contributed by atoms with Crippen LogP contribution in [0.3, 0.4) is 0 Å².